The molecule has 0 radical (unpaired) electrons. The number of ether oxygens (including phenoxy) is 1. The maximum Gasteiger partial charge on any atom is 0.308 e. The Morgan fingerprint density at radius 1 is 0.875 bits per heavy atom. The molecule has 0 spiro atoms. The first-order chi connectivity index (χ1) is 15.2. The van der Waals surface area contributed by atoms with Crippen LogP contribution in [0.4, 0.5) is 0 Å². The monoisotopic (exact) mass is 444 g/mol. The van der Waals surface area contributed by atoms with Crippen molar-refractivity contribution in [1.82, 2.24) is 0 Å². The number of carbonyl (C=O) groups is 1. The first-order valence-corrected chi connectivity index (χ1v) is 14.4. The van der Waals surface area contributed by atoms with Crippen LogP contribution in [0.5, 0.6) is 0 Å². The van der Waals surface area contributed by atoms with Crippen molar-refractivity contribution in [2.24, 2.45) is 58.7 Å². The fourth-order valence-corrected chi connectivity index (χ4v) is 9.09. The van der Waals surface area contributed by atoms with Gasteiger partial charge in [-0.05, 0) is 111 Å². The molecule has 4 saturated carbocycles. The van der Waals surface area contributed by atoms with Gasteiger partial charge in [-0.2, -0.15) is 0 Å². The van der Waals surface area contributed by atoms with E-state index in [0.717, 1.165) is 60.2 Å². The molecule has 4 aliphatic rings. The predicted molar refractivity (Wildman–Crippen MR) is 133 cm³/mol. The molecule has 2 heteroatoms. The van der Waals surface area contributed by atoms with Gasteiger partial charge in [0.15, 0.2) is 0 Å². The normalized spacial score (nSPS) is 42.3. The highest BCUT2D eigenvalue weighted by Gasteiger charge is 2.57. The van der Waals surface area contributed by atoms with Gasteiger partial charge in [0.25, 0.3) is 0 Å². The highest BCUT2D eigenvalue weighted by molar-refractivity contribution is 5.71. The largest absolute Gasteiger partial charge is 0.462 e. The van der Waals surface area contributed by atoms with Gasteiger partial charge in [-0.25, -0.2) is 0 Å². The Labute approximate surface area is 199 Å². The summed E-state index contributed by atoms with van der Waals surface area (Å²) in [7, 11) is 0. The van der Waals surface area contributed by atoms with Crippen LogP contribution in [0.2, 0.25) is 0 Å². The molecule has 4 fully saturated rings. The Kier molecular flexibility index (Phi) is 7.68. The summed E-state index contributed by atoms with van der Waals surface area (Å²) < 4.78 is 5.90. The van der Waals surface area contributed by atoms with E-state index in [2.05, 4.69) is 27.7 Å². The second-order valence-corrected chi connectivity index (χ2v) is 13.5. The summed E-state index contributed by atoms with van der Waals surface area (Å²) in [4.78, 5) is 12.2. The van der Waals surface area contributed by atoms with Gasteiger partial charge in [0, 0.05) is 0 Å². The molecule has 0 bridgehead atoms. The quantitative estimate of drug-likeness (QED) is 0.369. The maximum atomic E-state index is 12.2. The fourth-order valence-electron chi connectivity index (χ4n) is 9.09. The summed E-state index contributed by atoms with van der Waals surface area (Å²) in [6.45, 7) is 13.9. The van der Waals surface area contributed by atoms with Crippen molar-refractivity contribution in [2.45, 2.75) is 125 Å². The number of esters is 1. The zero-order chi connectivity index (χ0) is 23.0. The first kappa shape index (κ1) is 24.6. The van der Waals surface area contributed by atoms with E-state index >= 15 is 0 Å². The van der Waals surface area contributed by atoms with Gasteiger partial charge in [-0.1, -0.05) is 60.8 Å². The topological polar surface area (TPSA) is 26.3 Å². The van der Waals surface area contributed by atoms with Crippen LogP contribution in [0.15, 0.2) is 0 Å². The zero-order valence-corrected chi connectivity index (χ0v) is 22.1. The van der Waals surface area contributed by atoms with Crippen molar-refractivity contribution in [3.63, 3.8) is 0 Å². The molecule has 2 nitrogen and oxygen atoms in total. The number of fused-ring (bicyclic) bond motifs is 5. The average Bonchev–Trinajstić information content (AvgIpc) is 3.18. The molecule has 4 aliphatic carbocycles. The molecule has 9 unspecified atom stereocenters. The van der Waals surface area contributed by atoms with Crippen LogP contribution in [0.25, 0.3) is 0 Å². The van der Waals surface area contributed by atoms with Gasteiger partial charge >= 0.3 is 5.97 Å². The van der Waals surface area contributed by atoms with E-state index < -0.39 is 0 Å². The van der Waals surface area contributed by atoms with E-state index in [9.17, 15) is 4.79 Å². The van der Waals surface area contributed by atoms with E-state index in [1.165, 1.54) is 64.2 Å². The van der Waals surface area contributed by atoms with Crippen molar-refractivity contribution < 1.29 is 9.53 Å². The van der Waals surface area contributed by atoms with Gasteiger partial charge in [0.05, 0.1) is 5.92 Å². The Morgan fingerprint density at radius 2 is 1.59 bits per heavy atom. The zero-order valence-electron chi connectivity index (χ0n) is 22.1. The highest BCUT2D eigenvalue weighted by Crippen LogP contribution is 2.64. The van der Waals surface area contributed by atoms with Crippen LogP contribution >= 0.6 is 0 Å². The molecule has 0 aliphatic heterocycles. The molecule has 0 N–H and O–H groups in total. The molecule has 0 amide bonds. The minimum absolute atomic E-state index is 0.00241. The van der Waals surface area contributed by atoms with Crippen molar-refractivity contribution in [3.8, 4) is 0 Å². The van der Waals surface area contributed by atoms with Crippen LogP contribution in [-0.4, -0.2) is 12.1 Å². The van der Waals surface area contributed by atoms with Crippen LogP contribution in [0.3, 0.4) is 0 Å². The molecule has 32 heavy (non-hydrogen) atoms. The predicted octanol–water partition coefficient (Wildman–Crippen LogP) is 8.29. The Morgan fingerprint density at radius 3 is 2.31 bits per heavy atom. The number of hydrogen-bond donors (Lipinski definition) is 0. The summed E-state index contributed by atoms with van der Waals surface area (Å²) >= 11 is 0. The molecule has 184 valence electrons. The van der Waals surface area contributed by atoms with Crippen molar-refractivity contribution in [2.75, 3.05) is 0 Å². The SMILES string of the molecule is CC(C)CCCC(C)C1CCC2C1CCC1C2CCC2CC(OC(=O)C(C)C)CCC21C. The second kappa shape index (κ2) is 9.99. The van der Waals surface area contributed by atoms with Crippen LogP contribution in [0, 0.1) is 58.7 Å². The van der Waals surface area contributed by atoms with Gasteiger partial charge in [0.1, 0.15) is 6.10 Å². The average molecular weight is 445 g/mol. The molecular weight excluding hydrogens is 392 g/mol. The minimum Gasteiger partial charge on any atom is -0.462 e. The number of hydrogen-bond acceptors (Lipinski definition) is 2. The van der Waals surface area contributed by atoms with Crippen LogP contribution in [0.1, 0.15) is 119 Å². The second-order valence-electron chi connectivity index (χ2n) is 13.5. The van der Waals surface area contributed by atoms with E-state index in [4.69, 9.17) is 4.74 Å². The summed E-state index contributed by atoms with van der Waals surface area (Å²) in [5.41, 5.74) is 0.496. The molecular formula is C30H52O2. The first-order valence-electron chi connectivity index (χ1n) is 14.4. The van der Waals surface area contributed by atoms with E-state index in [1.54, 1.807) is 0 Å². The fraction of sp³-hybridized carbons (Fsp3) is 0.967. The standard InChI is InChI=1S/C30H52O2/c1-19(2)8-7-9-21(5)24-12-13-26-25(24)14-15-28-27(26)11-10-22-18-23(16-17-30(22,28)6)32-29(31)20(3)4/h19-28H,7-18H2,1-6H3. The highest BCUT2D eigenvalue weighted by atomic mass is 16.5. The van der Waals surface area contributed by atoms with E-state index in [-0.39, 0.29) is 18.0 Å². The lowest BCUT2D eigenvalue weighted by Gasteiger charge is -2.59. The third-order valence-electron chi connectivity index (χ3n) is 10.9. The summed E-state index contributed by atoms with van der Waals surface area (Å²) in [6.07, 6.45) is 16.8. The van der Waals surface area contributed by atoms with Crippen molar-refractivity contribution in [1.29, 1.82) is 0 Å². The van der Waals surface area contributed by atoms with Gasteiger partial charge in [-0.3, -0.25) is 4.79 Å². The molecule has 9 atom stereocenters. The Bertz CT molecular complexity index is 639. The molecule has 0 aromatic carbocycles. The smallest absolute Gasteiger partial charge is 0.308 e. The molecule has 0 heterocycles. The van der Waals surface area contributed by atoms with Crippen LogP contribution < -0.4 is 0 Å². The van der Waals surface area contributed by atoms with Gasteiger partial charge in [-0.15, -0.1) is 0 Å². The minimum atomic E-state index is -0.00241. The van der Waals surface area contributed by atoms with Gasteiger partial charge in [0.2, 0.25) is 0 Å². The number of carbonyl (C=O) groups excluding carboxylic acids is 1. The lowest BCUT2D eigenvalue weighted by molar-refractivity contribution is -0.163. The lowest BCUT2D eigenvalue weighted by Crippen LogP contribution is -2.52. The third kappa shape index (κ3) is 4.81. The van der Waals surface area contributed by atoms with E-state index in [1.807, 2.05) is 13.8 Å². The van der Waals surface area contributed by atoms with Crippen LogP contribution in [-0.2, 0) is 9.53 Å². The Balaban J connectivity index is 1.36. The van der Waals surface area contributed by atoms with E-state index in [0.29, 0.717) is 5.41 Å². The Hall–Kier alpha value is -0.530. The number of rotatable bonds is 7. The lowest BCUT2D eigenvalue weighted by atomic mass is 9.46. The summed E-state index contributed by atoms with van der Waals surface area (Å²) in [5.74, 6) is 7.51. The molecule has 0 aromatic heterocycles. The molecule has 0 aromatic rings. The summed E-state index contributed by atoms with van der Waals surface area (Å²) in [5, 5.41) is 0. The molecule has 0 saturated heterocycles. The third-order valence-corrected chi connectivity index (χ3v) is 10.9. The summed E-state index contributed by atoms with van der Waals surface area (Å²) in [6, 6.07) is 0. The van der Waals surface area contributed by atoms with Crippen molar-refractivity contribution in [3.05, 3.63) is 0 Å². The maximum absolute atomic E-state index is 12.2. The van der Waals surface area contributed by atoms with Crippen molar-refractivity contribution >= 4 is 5.97 Å². The van der Waals surface area contributed by atoms with Gasteiger partial charge < -0.3 is 4.74 Å². The molecule has 4 rings (SSSR count).